The van der Waals surface area contributed by atoms with Crippen LogP contribution in [0.4, 0.5) is 0 Å². The van der Waals surface area contributed by atoms with Crippen LogP contribution in [-0.2, 0) is 0 Å². The zero-order valence-corrected chi connectivity index (χ0v) is 11.4. The van der Waals surface area contributed by atoms with Crippen molar-refractivity contribution in [2.24, 2.45) is 0 Å². The van der Waals surface area contributed by atoms with Crippen molar-refractivity contribution in [3.8, 4) is 0 Å². The highest BCUT2D eigenvalue weighted by Gasteiger charge is 2.29. The SMILES string of the molecule is CN(C)C1(C)CC=C(c2ccccc2C=O)CC1. The molecule has 0 N–H and O–H groups in total. The number of allylic oxidation sites excluding steroid dienone is 1. The zero-order chi connectivity index (χ0) is 13.2. The van der Waals surface area contributed by atoms with Crippen molar-refractivity contribution in [2.45, 2.75) is 31.7 Å². The Morgan fingerprint density at radius 1 is 1.28 bits per heavy atom. The first-order chi connectivity index (χ1) is 8.57. The van der Waals surface area contributed by atoms with Crippen molar-refractivity contribution in [3.05, 3.63) is 41.5 Å². The largest absolute Gasteiger partial charge is 0.304 e. The van der Waals surface area contributed by atoms with Gasteiger partial charge in [-0.3, -0.25) is 4.79 Å². The molecule has 1 aliphatic carbocycles. The Morgan fingerprint density at radius 3 is 2.56 bits per heavy atom. The van der Waals surface area contributed by atoms with Crippen LogP contribution < -0.4 is 0 Å². The number of benzene rings is 1. The molecule has 18 heavy (non-hydrogen) atoms. The minimum Gasteiger partial charge on any atom is -0.304 e. The third-order valence-corrected chi connectivity index (χ3v) is 4.23. The maximum atomic E-state index is 11.1. The third-order valence-electron chi connectivity index (χ3n) is 4.23. The minimum absolute atomic E-state index is 0.250. The maximum Gasteiger partial charge on any atom is 0.150 e. The van der Waals surface area contributed by atoms with E-state index < -0.39 is 0 Å². The average molecular weight is 243 g/mol. The maximum absolute atomic E-state index is 11.1. The molecule has 0 aliphatic heterocycles. The van der Waals surface area contributed by atoms with Crippen LogP contribution in [-0.4, -0.2) is 30.8 Å². The van der Waals surface area contributed by atoms with E-state index in [0.29, 0.717) is 0 Å². The Kier molecular flexibility index (Phi) is 3.67. The summed E-state index contributed by atoms with van der Waals surface area (Å²) in [5.74, 6) is 0. The van der Waals surface area contributed by atoms with Crippen LogP contribution in [0.15, 0.2) is 30.3 Å². The second kappa shape index (κ2) is 5.07. The first-order valence-electron chi connectivity index (χ1n) is 6.48. The second-order valence-corrected chi connectivity index (χ2v) is 5.53. The first kappa shape index (κ1) is 13.0. The normalized spacial score (nSPS) is 23.9. The van der Waals surface area contributed by atoms with Crippen LogP contribution in [0.2, 0.25) is 0 Å². The van der Waals surface area contributed by atoms with E-state index in [1.165, 1.54) is 5.57 Å². The van der Waals surface area contributed by atoms with Crippen molar-refractivity contribution in [3.63, 3.8) is 0 Å². The van der Waals surface area contributed by atoms with Crippen LogP contribution >= 0.6 is 0 Å². The molecule has 1 aromatic carbocycles. The summed E-state index contributed by atoms with van der Waals surface area (Å²) >= 11 is 0. The lowest BCUT2D eigenvalue weighted by Crippen LogP contribution is -2.42. The minimum atomic E-state index is 0.250. The highest BCUT2D eigenvalue weighted by atomic mass is 16.1. The highest BCUT2D eigenvalue weighted by molar-refractivity contribution is 5.85. The molecule has 2 heteroatoms. The Balaban J connectivity index is 2.27. The summed E-state index contributed by atoms with van der Waals surface area (Å²) in [6, 6.07) is 7.86. The molecule has 2 rings (SSSR count). The fraction of sp³-hybridized carbons (Fsp3) is 0.438. The Hall–Kier alpha value is -1.41. The molecular weight excluding hydrogens is 222 g/mol. The van der Waals surface area contributed by atoms with E-state index in [9.17, 15) is 4.79 Å². The predicted octanol–water partition coefficient (Wildman–Crippen LogP) is 3.39. The lowest BCUT2D eigenvalue weighted by molar-refractivity contribution is 0.112. The third kappa shape index (κ3) is 2.39. The smallest absolute Gasteiger partial charge is 0.150 e. The fourth-order valence-electron chi connectivity index (χ4n) is 2.49. The van der Waals surface area contributed by atoms with Crippen molar-refractivity contribution < 1.29 is 4.79 Å². The molecular formula is C16H21NO. The summed E-state index contributed by atoms with van der Waals surface area (Å²) in [6.45, 7) is 2.30. The summed E-state index contributed by atoms with van der Waals surface area (Å²) in [7, 11) is 4.27. The lowest BCUT2D eigenvalue weighted by atomic mass is 9.80. The number of carbonyl (C=O) groups excluding carboxylic acids is 1. The average Bonchev–Trinajstić information content (AvgIpc) is 2.39. The van der Waals surface area contributed by atoms with Gasteiger partial charge in [-0.25, -0.2) is 0 Å². The van der Waals surface area contributed by atoms with Gasteiger partial charge in [0, 0.05) is 11.1 Å². The molecule has 96 valence electrons. The van der Waals surface area contributed by atoms with Gasteiger partial charge in [-0.05, 0) is 51.4 Å². The highest BCUT2D eigenvalue weighted by Crippen LogP contribution is 2.35. The van der Waals surface area contributed by atoms with Crippen LogP contribution in [0.3, 0.4) is 0 Å². The number of aldehydes is 1. The summed E-state index contributed by atoms with van der Waals surface area (Å²) in [6.07, 6.45) is 6.48. The van der Waals surface area contributed by atoms with Crippen molar-refractivity contribution in [2.75, 3.05) is 14.1 Å². The number of nitrogens with zero attached hydrogens (tertiary/aromatic N) is 1. The number of rotatable bonds is 3. The molecule has 1 atom stereocenters. The first-order valence-corrected chi connectivity index (χ1v) is 6.48. The second-order valence-electron chi connectivity index (χ2n) is 5.53. The van der Waals surface area contributed by atoms with E-state index in [4.69, 9.17) is 0 Å². The molecule has 1 unspecified atom stereocenters. The molecule has 0 saturated heterocycles. The monoisotopic (exact) mass is 243 g/mol. The van der Waals surface area contributed by atoms with Gasteiger partial charge >= 0.3 is 0 Å². The van der Waals surface area contributed by atoms with Gasteiger partial charge in [-0.15, -0.1) is 0 Å². The van der Waals surface area contributed by atoms with Crippen molar-refractivity contribution in [1.29, 1.82) is 0 Å². The van der Waals surface area contributed by atoms with Crippen molar-refractivity contribution >= 4 is 11.9 Å². The summed E-state index contributed by atoms with van der Waals surface area (Å²) < 4.78 is 0. The molecule has 2 nitrogen and oxygen atoms in total. The molecule has 0 spiro atoms. The van der Waals surface area contributed by atoms with Gasteiger partial charge in [0.25, 0.3) is 0 Å². The van der Waals surface area contributed by atoms with Crippen LogP contribution in [0.1, 0.15) is 42.1 Å². The van der Waals surface area contributed by atoms with E-state index in [-0.39, 0.29) is 5.54 Å². The zero-order valence-electron chi connectivity index (χ0n) is 11.4. The summed E-state index contributed by atoms with van der Waals surface area (Å²) in [4.78, 5) is 13.4. The molecule has 0 radical (unpaired) electrons. The Bertz CT molecular complexity index is 476. The molecule has 1 aliphatic rings. The van der Waals surface area contributed by atoms with E-state index >= 15 is 0 Å². The van der Waals surface area contributed by atoms with Gasteiger partial charge in [-0.2, -0.15) is 0 Å². The van der Waals surface area contributed by atoms with E-state index in [1.807, 2.05) is 24.3 Å². The summed E-state index contributed by atoms with van der Waals surface area (Å²) in [5, 5.41) is 0. The number of hydrogen-bond acceptors (Lipinski definition) is 2. The van der Waals surface area contributed by atoms with Crippen LogP contribution in [0, 0.1) is 0 Å². The van der Waals surface area contributed by atoms with Crippen molar-refractivity contribution in [1.82, 2.24) is 4.90 Å². The molecule has 0 saturated carbocycles. The van der Waals surface area contributed by atoms with Gasteiger partial charge in [0.15, 0.2) is 6.29 Å². The van der Waals surface area contributed by atoms with Gasteiger partial charge in [-0.1, -0.05) is 30.3 Å². The molecule has 0 fully saturated rings. The number of carbonyl (C=O) groups is 1. The van der Waals surface area contributed by atoms with E-state index in [0.717, 1.165) is 36.7 Å². The van der Waals surface area contributed by atoms with Gasteiger partial charge in [0.1, 0.15) is 0 Å². The van der Waals surface area contributed by atoms with Crippen LogP contribution in [0.5, 0.6) is 0 Å². The quantitative estimate of drug-likeness (QED) is 0.758. The topological polar surface area (TPSA) is 20.3 Å². The number of hydrogen-bond donors (Lipinski definition) is 0. The standard InChI is InChI=1S/C16H21NO/c1-16(17(2)3)10-8-13(9-11-16)15-7-5-4-6-14(15)12-18/h4-8,12H,9-11H2,1-3H3. The Morgan fingerprint density at radius 2 is 2.00 bits per heavy atom. The molecule has 1 aromatic rings. The van der Waals surface area contributed by atoms with E-state index in [2.05, 4.69) is 32.0 Å². The molecule has 0 amide bonds. The van der Waals surface area contributed by atoms with Crippen LogP contribution in [0.25, 0.3) is 5.57 Å². The van der Waals surface area contributed by atoms with Gasteiger partial charge in [0.2, 0.25) is 0 Å². The molecule has 0 aromatic heterocycles. The van der Waals surface area contributed by atoms with Gasteiger partial charge < -0.3 is 4.90 Å². The predicted molar refractivity (Wildman–Crippen MR) is 75.7 cm³/mol. The van der Waals surface area contributed by atoms with E-state index in [1.54, 1.807) is 0 Å². The van der Waals surface area contributed by atoms with Gasteiger partial charge in [0.05, 0.1) is 0 Å². The summed E-state index contributed by atoms with van der Waals surface area (Å²) in [5.41, 5.74) is 3.47. The molecule has 0 heterocycles. The Labute approximate surface area is 109 Å². The molecule has 0 bridgehead atoms. The fourth-order valence-corrected chi connectivity index (χ4v) is 2.49. The lowest BCUT2D eigenvalue weighted by Gasteiger charge is -2.39.